The van der Waals surface area contributed by atoms with E-state index in [0.29, 0.717) is 26.3 Å². The lowest BCUT2D eigenvalue weighted by atomic mass is 10.2. The van der Waals surface area contributed by atoms with Gasteiger partial charge in [-0.25, -0.2) is 0 Å². The minimum atomic E-state index is -0.160. The fraction of sp³-hybridized carbons (Fsp3) is 0.889. The largest absolute Gasteiger partial charge is 0.378 e. The maximum atomic E-state index is 11.6. The molecule has 0 aliphatic carbocycles. The second-order valence-electron chi connectivity index (χ2n) is 3.31. The predicted molar refractivity (Wildman–Crippen MR) is 53.9 cm³/mol. The lowest BCUT2D eigenvalue weighted by Crippen LogP contribution is -2.54. The van der Waals surface area contributed by atoms with E-state index >= 15 is 0 Å². The van der Waals surface area contributed by atoms with Gasteiger partial charge in [0.1, 0.15) is 6.04 Å². The van der Waals surface area contributed by atoms with E-state index in [9.17, 15) is 4.79 Å². The molecule has 1 fully saturated rings. The topological polar surface area (TPSA) is 67.6 Å². The van der Waals surface area contributed by atoms with Crippen LogP contribution in [0.1, 0.15) is 6.92 Å². The van der Waals surface area contributed by atoms with Gasteiger partial charge >= 0.3 is 0 Å². The van der Waals surface area contributed by atoms with Crippen molar-refractivity contribution < 1.29 is 9.53 Å². The number of hydrogen-bond donors (Lipinski definition) is 2. The van der Waals surface area contributed by atoms with Gasteiger partial charge in [0.05, 0.1) is 13.2 Å². The van der Waals surface area contributed by atoms with Crippen molar-refractivity contribution in [2.75, 3.05) is 39.4 Å². The van der Waals surface area contributed by atoms with Crippen LogP contribution in [0.15, 0.2) is 0 Å². The Kier molecular flexibility index (Phi) is 4.86. The lowest BCUT2D eigenvalue weighted by Gasteiger charge is -2.33. The van der Waals surface area contributed by atoms with Crippen molar-refractivity contribution in [3.05, 3.63) is 0 Å². The van der Waals surface area contributed by atoms with Crippen LogP contribution in [0.3, 0.4) is 0 Å². The minimum absolute atomic E-state index is 0.0423. The molecule has 0 spiro atoms. The number of likely N-dealkylation sites (N-methyl/N-ethyl adjacent to an activating group) is 1. The number of carbonyl (C=O) groups is 1. The number of nitrogens with two attached hydrogens (primary N) is 1. The van der Waals surface area contributed by atoms with Gasteiger partial charge in [0.25, 0.3) is 0 Å². The summed E-state index contributed by atoms with van der Waals surface area (Å²) in [6.45, 7) is 5.86. The molecule has 14 heavy (non-hydrogen) atoms. The van der Waals surface area contributed by atoms with Gasteiger partial charge in [0, 0.05) is 26.2 Å². The van der Waals surface area contributed by atoms with Crippen LogP contribution < -0.4 is 11.1 Å². The number of carbonyl (C=O) groups excluding carboxylic acids is 1. The monoisotopic (exact) mass is 201 g/mol. The van der Waals surface area contributed by atoms with E-state index < -0.39 is 0 Å². The quantitative estimate of drug-likeness (QED) is 0.598. The fourth-order valence-electron chi connectivity index (χ4n) is 1.61. The zero-order chi connectivity index (χ0) is 10.4. The molecule has 1 unspecified atom stereocenters. The summed E-state index contributed by atoms with van der Waals surface area (Å²) in [4.78, 5) is 13.7. The molecule has 1 rings (SSSR count). The molecule has 82 valence electrons. The van der Waals surface area contributed by atoms with Gasteiger partial charge in [-0.1, -0.05) is 0 Å². The molecule has 3 N–H and O–H groups in total. The summed E-state index contributed by atoms with van der Waals surface area (Å²) in [5.74, 6) is 0.0423. The SMILES string of the molecule is CCNC(=O)C1COCCN1CCN. The number of ether oxygens (including phenoxy) is 1. The van der Waals surface area contributed by atoms with Crippen LogP contribution in [0.5, 0.6) is 0 Å². The minimum Gasteiger partial charge on any atom is -0.378 e. The first-order valence-corrected chi connectivity index (χ1v) is 5.09. The van der Waals surface area contributed by atoms with Gasteiger partial charge in [0.2, 0.25) is 5.91 Å². The van der Waals surface area contributed by atoms with Gasteiger partial charge in [-0.15, -0.1) is 0 Å². The van der Waals surface area contributed by atoms with Crippen LogP contribution in [-0.2, 0) is 9.53 Å². The van der Waals surface area contributed by atoms with Crippen LogP contribution >= 0.6 is 0 Å². The smallest absolute Gasteiger partial charge is 0.239 e. The molecule has 1 atom stereocenters. The van der Waals surface area contributed by atoms with E-state index in [1.54, 1.807) is 0 Å². The van der Waals surface area contributed by atoms with Crippen LogP contribution in [0.4, 0.5) is 0 Å². The Morgan fingerprint density at radius 3 is 3.14 bits per heavy atom. The number of nitrogens with zero attached hydrogens (tertiary/aromatic N) is 1. The molecule has 0 bridgehead atoms. The normalized spacial score (nSPS) is 23.4. The second kappa shape index (κ2) is 5.95. The Labute approximate surface area is 84.6 Å². The first-order chi connectivity index (χ1) is 6.79. The Morgan fingerprint density at radius 2 is 2.50 bits per heavy atom. The molecule has 5 nitrogen and oxygen atoms in total. The standard InChI is InChI=1S/C9H19N3O2/c1-2-11-9(13)8-7-14-6-5-12(8)4-3-10/h8H,2-7,10H2,1H3,(H,11,13). The zero-order valence-electron chi connectivity index (χ0n) is 8.66. The highest BCUT2D eigenvalue weighted by molar-refractivity contribution is 5.81. The molecule has 0 saturated carbocycles. The van der Waals surface area contributed by atoms with Gasteiger partial charge in [0.15, 0.2) is 0 Å². The average molecular weight is 201 g/mol. The Morgan fingerprint density at radius 1 is 1.71 bits per heavy atom. The van der Waals surface area contributed by atoms with Crippen molar-refractivity contribution in [1.29, 1.82) is 0 Å². The first kappa shape index (κ1) is 11.4. The Bertz CT molecular complexity index is 185. The van der Waals surface area contributed by atoms with E-state index in [1.165, 1.54) is 0 Å². The maximum Gasteiger partial charge on any atom is 0.239 e. The van der Waals surface area contributed by atoms with Crippen LogP contribution in [0.2, 0.25) is 0 Å². The summed E-state index contributed by atoms with van der Waals surface area (Å²) in [5, 5.41) is 2.80. The number of rotatable bonds is 4. The van der Waals surface area contributed by atoms with E-state index in [2.05, 4.69) is 10.2 Å². The summed E-state index contributed by atoms with van der Waals surface area (Å²) < 4.78 is 5.28. The molecule has 0 aromatic rings. The van der Waals surface area contributed by atoms with Crippen molar-refractivity contribution in [2.24, 2.45) is 5.73 Å². The van der Waals surface area contributed by atoms with Gasteiger partial charge in [-0.2, -0.15) is 0 Å². The van der Waals surface area contributed by atoms with Crippen molar-refractivity contribution in [3.8, 4) is 0 Å². The second-order valence-corrected chi connectivity index (χ2v) is 3.31. The average Bonchev–Trinajstić information content (AvgIpc) is 2.19. The third kappa shape index (κ3) is 2.94. The summed E-state index contributed by atoms with van der Waals surface area (Å²) in [7, 11) is 0. The maximum absolute atomic E-state index is 11.6. The van der Waals surface area contributed by atoms with Crippen molar-refractivity contribution in [2.45, 2.75) is 13.0 Å². The van der Waals surface area contributed by atoms with Gasteiger partial charge in [-0.3, -0.25) is 9.69 Å². The highest BCUT2D eigenvalue weighted by Crippen LogP contribution is 2.05. The number of morpholine rings is 1. The number of amides is 1. The lowest BCUT2D eigenvalue weighted by molar-refractivity contribution is -0.132. The molecule has 1 heterocycles. The molecule has 5 heteroatoms. The number of hydrogen-bond acceptors (Lipinski definition) is 4. The summed E-state index contributed by atoms with van der Waals surface area (Å²) in [5.41, 5.74) is 5.48. The predicted octanol–water partition coefficient (Wildman–Crippen LogP) is -1.22. The first-order valence-electron chi connectivity index (χ1n) is 5.09. The van der Waals surface area contributed by atoms with Crippen molar-refractivity contribution >= 4 is 5.91 Å². The van der Waals surface area contributed by atoms with Gasteiger partial charge in [-0.05, 0) is 6.92 Å². The molecule has 1 aliphatic rings. The number of nitrogens with one attached hydrogen (secondary N) is 1. The van der Waals surface area contributed by atoms with Crippen molar-refractivity contribution in [3.63, 3.8) is 0 Å². The van der Waals surface area contributed by atoms with Crippen LogP contribution in [-0.4, -0.2) is 56.2 Å². The molecule has 0 radical (unpaired) electrons. The fourth-order valence-corrected chi connectivity index (χ4v) is 1.61. The Hall–Kier alpha value is -0.650. The molecular formula is C9H19N3O2. The molecule has 0 aromatic heterocycles. The summed E-state index contributed by atoms with van der Waals surface area (Å²) in [6.07, 6.45) is 0. The third-order valence-corrected chi connectivity index (χ3v) is 2.31. The van der Waals surface area contributed by atoms with E-state index in [4.69, 9.17) is 10.5 Å². The zero-order valence-corrected chi connectivity index (χ0v) is 8.66. The van der Waals surface area contributed by atoms with Crippen molar-refractivity contribution in [1.82, 2.24) is 10.2 Å². The molecular weight excluding hydrogens is 182 g/mol. The van der Waals surface area contributed by atoms with E-state index in [1.807, 2.05) is 6.92 Å². The molecule has 1 aliphatic heterocycles. The molecule has 1 saturated heterocycles. The highest BCUT2D eigenvalue weighted by atomic mass is 16.5. The third-order valence-electron chi connectivity index (χ3n) is 2.31. The van der Waals surface area contributed by atoms with Gasteiger partial charge < -0.3 is 15.8 Å². The highest BCUT2D eigenvalue weighted by Gasteiger charge is 2.28. The van der Waals surface area contributed by atoms with E-state index in [0.717, 1.165) is 13.1 Å². The summed E-state index contributed by atoms with van der Waals surface area (Å²) in [6, 6.07) is -0.160. The molecule has 1 amide bonds. The Balaban J connectivity index is 2.48. The molecule has 0 aromatic carbocycles. The van der Waals surface area contributed by atoms with Crippen LogP contribution in [0.25, 0.3) is 0 Å². The summed E-state index contributed by atoms with van der Waals surface area (Å²) >= 11 is 0. The van der Waals surface area contributed by atoms with Crippen LogP contribution in [0, 0.1) is 0 Å². The van der Waals surface area contributed by atoms with E-state index in [-0.39, 0.29) is 11.9 Å².